The molecule has 2 aromatic heterocycles. The molecule has 0 aliphatic carbocycles. The van der Waals surface area contributed by atoms with E-state index < -0.39 is 11.7 Å². The van der Waals surface area contributed by atoms with Crippen LogP contribution in [0, 0.1) is 5.92 Å². The highest BCUT2D eigenvalue weighted by Gasteiger charge is 2.31. The number of amides is 1. The van der Waals surface area contributed by atoms with Crippen molar-refractivity contribution in [1.29, 1.82) is 0 Å². The van der Waals surface area contributed by atoms with Crippen LogP contribution in [0.1, 0.15) is 29.2 Å². The predicted molar refractivity (Wildman–Crippen MR) is 114 cm³/mol. The Hall–Kier alpha value is -2.72. The van der Waals surface area contributed by atoms with Crippen LogP contribution in [-0.2, 0) is 23.9 Å². The molecule has 1 aromatic carbocycles. The minimum absolute atomic E-state index is 0.0158. The Labute approximate surface area is 187 Å². The first-order valence-corrected chi connectivity index (χ1v) is 11.3. The second kappa shape index (κ2) is 9.83. The van der Waals surface area contributed by atoms with Crippen LogP contribution in [-0.4, -0.2) is 40.6 Å². The number of nitrogens with one attached hydrogen (secondary N) is 1. The van der Waals surface area contributed by atoms with Crippen molar-refractivity contribution >= 4 is 17.2 Å². The Bertz CT molecular complexity index is 1030. The Morgan fingerprint density at radius 2 is 2.03 bits per heavy atom. The zero-order valence-corrected chi connectivity index (χ0v) is 18.1. The van der Waals surface area contributed by atoms with Crippen molar-refractivity contribution in [2.24, 2.45) is 5.92 Å². The van der Waals surface area contributed by atoms with E-state index in [4.69, 9.17) is 4.52 Å². The third-order valence-electron chi connectivity index (χ3n) is 5.48. The number of likely N-dealkylation sites (tertiary alicyclic amines) is 1. The van der Waals surface area contributed by atoms with E-state index in [2.05, 4.69) is 26.4 Å². The van der Waals surface area contributed by atoms with Gasteiger partial charge in [0.05, 0.1) is 12.1 Å². The number of rotatable bonds is 7. The fourth-order valence-corrected chi connectivity index (χ4v) is 4.43. The maximum Gasteiger partial charge on any atom is 0.416 e. The minimum atomic E-state index is -4.43. The summed E-state index contributed by atoms with van der Waals surface area (Å²) in [5.41, 5.74) is -0.496. The van der Waals surface area contributed by atoms with Crippen molar-refractivity contribution in [2.75, 3.05) is 19.6 Å². The van der Waals surface area contributed by atoms with Crippen LogP contribution in [0.4, 0.5) is 13.2 Å². The van der Waals surface area contributed by atoms with Crippen LogP contribution in [0.25, 0.3) is 11.4 Å². The van der Waals surface area contributed by atoms with Gasteiger partial charge < -0.3 is 9.84 Å². The van der Waals surface area contributed by atoms with Crippen LogP contribution in [0.15, 0.2) is 46.3 Å². The van der Waals surface area contributed by atoms with Crippen molar-refractivity contribution in [2.45, 2.75) is 32.0 Å². The molecular formula is C22H23F3N4O2S. The molecule has 0 atom stereocenters. The first-order valence-electron chi connectivity index (χ1n) is 10.4. The van der Waals surface area contributed by atoms with Gasteiger partial charge in [0.25, 0.3) is 0 Å². The van der Waals surface area contributed by atoms with Gasteiger partial charge in [0.2, 0.25) is 17.6 Å². The van der Waals surface area contributed by atoms with Crippen LogP contribution in [0.3, 0.4) is 0 Å². The van der Waals surface area contributed by atoms with E-state index in [-0.39, 0.29) is 23.2 Å². The SMILES string of the molecule is O=C(NCCc1cccs1)C1CCN(Cc2nc(-c3cccc(C(F)(F)F)c3)no2)CC1. The molecule has 0 spiro atoms. The molecule has 0 unspecified atom stereocenters. The lowest BCUT2D eigenvalue weighted by Crippen LogP contribution is -2.40. The summed E-state index contributed by atoms with van der Waals surface area (Å²) < 4.78 is 44.0. The number of halogens is 3. The molecule has 1 N–H and O–H groups in total. The van der Waals surface area contributed by atoms with Gasteiger partial charge in [0, 0.05) is 22.9 Å². The fourth-order valence-electron chi connectivity index (χ4n) is 3.72. The zero-order valence-electron chi connectivity index (χ0n) is 17.3. The predicted octanol–water partition coefficient (Wildman–Crippen LogP) is 4.39. The number of carbonyl (C=O) groups is 1. The second-order valence-electron chi connectivity index (χ2n) is 7.76. The van der Waals surface area contributed by atoms with Crippen molar-refractivity contribution in [3.8, 4) is 11.4 Å². The van der Waals surface area contributed by atoms with Crippen molar-refractivity contribution in [1.82, 2.24) is 20.4 Å². The van der Waals surface area contributed by atoms with E-state index >= 15 is 0 Å². The number of thiophene rings is 1. The minimum Gasteiger partial charge on any atom is -0.355 e. The van der Waals surface area contributed by atoms with Gasteiger partial charge in [-0.3, -0.25) is 9.69 Å². The van der Waals surface area contributed by atoms with Crippen LogP contribution in [0.5, 0.6) is 0 Å². The number of hydrogen-bond donors (Lipinski definition) is 1. The van der Waals surface area contributed by atoms with Gasteiger partial charge >= 0.3 is 6.18 Å². The summed E-state index contributed by atoms with van der Waals surface area (Å²) in [7, 11) is 0. The molecule has 32 heavy (non-hydrogen) atoms. The average molecular weight is 465 g/mol. The Balaban J connectivity index is 1.25. The van der Waals surface area contributed by atoms with E-state index in [1.165, 1.54) is 17.0 Å². The van der Waals surface area contributed by atoms with Gasteiger partial charge in [-0.25, -0.2) is 0 Å². The lowest BCUT2D eigenvalue weighted by atomic mass is 9.96. The lowest BCUT2D eigenvalue weighted by Gasteiger charge is -2.30. The lowest BCUT2D eigenvalue weighted by molar-refractivity contribution is -0.137. The standard InChI is InChI=1S/C22H23F3N4O2S/c23-22(24,25)17-4-1-3-16(13-17)20-27-19(31-28-20)14-29-10-7-15(8-11-29)21(30)26-9-6-18-5-2-12-32-18/h1-5,12-13,15H,6-11,14H2,(H,26,30). The smallest absolute Gasteiger partial charge is 0.355 e. The molecule has 1 saturated heterocycles. The largest absolute Gasteiger partial charge is 0.416 e. The highest BCUT2D eigenvalue weighted by atomic mass is 32.1. The first-order chi connectivity index (χ1) is 15.4. The molecule has 0 bridgehead atoms. The summed E-state index contributed by atoms with van der Waals surface area (Å²) in [6.07, 6.45) is -2.12. The van der Waals surface area contributed by atoms with Crippen molar-refractivity contribution in [3.05, 3.63) is 58.1 Å². The van der Waals surface area contributed by atoms with Gasteiger partial charge in [0.1, 0.15) is 0 Å². The number of aromatic nitrogens is 2. The monoisotopic (exact) mass is 464 g/mol. The van der Waals surface area contributed by atoms with Crippen LogP contribution in [0.2, 0.25) is 0 Å². The third-order valence-corrected chi connectivity index (χ3v) is 6.42. The molecule has 10 heteroatoms. The molecule has 4 rings (SSSR count). The van der Waals surface area contributed by atoms with Crippen molar-refractivity contribution in [3.63, 3.8) is 0 Å². The number of piperidine rings is 1. The molecule has 1 amide bonds. The van der Waals surface area contributed by atoms with Gasteiger partial charge in [-0.15, -0.1) is 11.3 Å². The fraction of sp³-hybridized carbons (Fsp3) is 0.409. The van der Waals surface area contributed by atoms with E-state index in [1.807, 2.05) is 11.4 Å². The number of nitrogens with zero attached hydrogens (tertiary/aromatic N) is 3. The van der Waals surface area contributed by atoms with E-state index in [0.717, 1.165) is 31.4 Å². The molecule has 3 aromatic rings. The van der Waals surface area contributed by atoms with E-state index in [9.17, 15) is 18.0 Å². The molecule has 6 nitrogen and oxygen atoms in total. The Kier molecular flexibility index (Phi) is 6.90. The van der Waals surface area contributed by atoms with E-state index in [0.29, 0.717) is 32.1 Å². The summed E-state index contributed by atoms with van der Waals surface area (Å²) in [6.45, 7) is 2.47. The molecular weight excluding hydrogens is 441 g/mol. The number of benzene rings is 1. The normalized spacial score (nSPS) is 15.7. The Morgan fingerprint density at radius 1 is 1.22 bits per heavy atom. The van der Waals surface area contributed by atoms with Gasteiger partial charge in [-0.05, 0) is 55.9 Å². The van der Waals surface area contributed by atoms with E-state index in [1.54, 1.807) is 11.3 Å². The maximum absolute atomic E-state index is 12.9. The maximum atomic E-state index is 12.9. The number of carbonyl (C=O) groups excluding carboxylic acids is 1. The summed E-state index contributed by atoms with van der Waals surface area (Å²) in [6, 6.07) is 8.93. The quantitative estimate of drug-likeness (QED) is 0.562. The molecule has 1 aliphatic rings. The average Bonchev–Trinajstić information content (AvgIpc) is 3.46. The van der Waals surface area contributed by atoms with Crippen LogP contribution >= 0.6 is 11.3 Å². The molecule has 170 valence electrons. The highest BCUT2D eigenvalue weighted by molar-refractivity contribution is 7.09. The second-order valence-corrected chi connectivity index (χ2v) is 8.79. The first kappa shape index (κ1) is 22.5. The summed E-state index contributed by atoms with van der Waals surface area (Å²) in [4.78, 5) is 20.0. The summed E-state index contributed by atoms with van der Waals surface area (Å²) >= 11 is 1.69. The molecule has 0 radical (unpaired) electrons. The third kappa shape index (κ3) is 5.74. The summed E-state index contributed by atoms with van der Waals surface area (Å²) in [5, 5.41) is 8.88. The van der Waals surface area contributed by atoms with Crippen molar-refractivity contribution < 1.29 is 22.5 Å². The zero-order chi connectivity index (χ0) is 22.6. The van der Waals surface area contributed by atoms with Crippen LogP contribution < -0.4 is 5.32 Å². The Morgan fingerprint density at radius 3 is 2.75 bits per heavy atom. The molecule has 3 heterocycles. The molecule has 1 aliphatic heterocycles. The number of alkyl halides is 3. The van der Waals surface area contributed by atoms with Gasteiger partial charge in [0.15, 0.2) is 0 Å². The van der Waals surface area contributed by atoms with Gasteiger partial charge in [-0.1, -0.05) is 23.4 Å². The summed E-state index contributed by atoms with van der Waals surface area (Å²) in [5.74, 6) is 0.547. The molecule has 1 fully saturated rings. The number of hydrogen-bond acceptors (Lipinski definition) is 6. The van der Waals surface area contributed by atoms with Gasteiger partial charge in [-0.2, -0.15) is 18.2 Å². The highest BCUT2D eigenvalue weighted by Crippen LogP contribution is 2.31. The topological polar surface area (TPSA) is 71.3 Å². The molecule has 0 saturated carbocycles.